The molecular weight excluding hydrogens is 232 g/mol. The molecule has 2 atom stereocenters. The minimum atomic E-state index is 0.395. The van der Waals surface area contributed by atoms with E-state index in [0.717, 1.165) is 24.3 Å². The highest BCUT2D eigenvalue weighted by molar-refractivity contribution is 4.88. The van der Waals surface area contributed by atoms with E-state index in [1.165, 1.54) is 38.9 Å². The van der Waals surface area contributed by atoms with Crippen LogP contribution in [0.3, 0.4) is 0 Å². The Morgan fingerprint density at radius 2 is 1.84 bits per heavy atom. The number of piperidine rings is 1. The Morgan fingerprint density at radius 3 is 2.37 bits per heavy atom. The van der Waals surface area contributed by atoms with Gasteiger partial charge in [0.05, 0.1) is 0 Å². The maximum atomic E-state index is 3.83. The van der Waals surface area contributed by atoms with Crippen molar-refractivity contribution in [2.75, 3.05) is 26.2 Å². The molecule has 0 aromatic rings. The summed E-state index contributed by atoms with van der Waals surface area (Å²) in [5, 5.41) is 3.83. The molecule has 2 unspecified atom stereocenters. The van der Waals surface area contributed by atoms with Gasteiger partial charge in [0.25, 0.3) is 0 Å². The van der Waals surface area contributed by atoms with Gasteiger partial charge >= 0.3 is 0 Å². The number of hydrogen-bond donors (Lipinski definition) is 1. The Morgan fingerprint density at radius 1 is 1.16 bits per heavy atom. The maximum Gasteiger partial charge on any atom is 0.0198 e. The second-order valence-electron chi connectivity index (χ2n) is 8.54. The highest BCUT2D eigenvalue weighted by Gasteiger charge is 2.32. The summed E-state index contributed by atoms with van der Waals surface area (Å²) in [4.78, 5) is 2.74. The molecule has 1 N–H and O–H groups in total. The van der Waals surface area contributed by atoms with Crippen molar-refractivity contribution in [1.29, 1.82) is 0 Å². The lowest BCUT2D eigenvalue weighted by atomic mass is 9.85. The van der Waals surface area contributed by atoms with Gasteiger partial charge in [-0.25, -0.2) is 0 Å². The van der Waals surface area contributed by atoms with Gasteiger partial charge in [0.15, 0.2) is 0 Å². The molecular formula is C17H34N2. The number of nitrogens with one attached hydrogen (secondary N) is 1. The van der Waals surface area contributed by atoms with Crippen molar-refractivity contribution in [1.82, 2.24) is 10.2 Å². The van der Waals surface area contributed by atoms with Crippen LogP contribution in [0.5, 0.6) is 0 Å². The van der Waals surface area contributed by atoms with Crippen LogP contribution in [-0.4, -0.2) is 37.1 Å². The van der Waals surface area contributed by atoms with Crippen LogP contribution in [-0.2, 0) is 0 Å². The third kappa shape index (κ3) is 5.43. The maximum absolute atomic E-state index is 3.83. The van der Waals surface area contributed by atoms with Crippen LogP contribution in [0.2, 0.25) is 0 Å². The molecule has 1 aliphatic heterocycles. The number of hydrogen-bond acceptors (Lipinski definition) is 2. The van der Waals surface area contributed by atoms with Gasteiger partial charge in [-0.1, -0.05) is 34.6 Å². The normalized spacial score (nSPS) is 30.0. The van der Waals surface area contributed by atoms with Crippen molar-refractivity contribution in [3.05, 3.63) is 0 Å². The van der Waals surface area contributed by atoms with Crippen LogP contribution < -0.4 is 5.32 Å². The fourth-order valence-electron chi connectivity index (χ4n) is 3.13. The van der Waals surface area contributed by atoms with Crippen LogP contribution >= 0.6 is 0 Å². The first kappa shape index (κ1) is 15.3. The molecule has 0 spiro atoms. The standard InChI is InChI=1S/C17H34N2/c1-13(2)15-8-16(18-12-17(3,4)5)11-19(10-15)9-14-6-7-14/h13-16,18H,6-12H2,1-5H3. The zero-order valence-electron chi connectivity index (χ0n) is 13.7. The van der Waals surface area contributed by atoms with Crippen LogP contribution in [0.1, 0.15) is 53.9 Å². The lowest BCUT2D eigenvalue weighted by Gasteiger charge is -2.41. The first-order chi connectivity index (χ1) is 8.83. The Hall–Kier alpha value is -0.0800. The van der Waals surface area contributed by atoms with Crippen LogP contribution in [0.25, 0.3) is 0 Å². The molecule has 0 radical (unpaired) electrons. The summed E-state index contributed by atoms with van der Waals surface area (Å²) in [7, 11) is 0. The molecule has 0 aromatic carbocycles. The van der Waals surface area contributed by atoms with Gasteiger partial charge < -0.3 is 10.2 Å². The Balaban J connectivity index is 1.85. The third-order valence-electron chi connectivity index (χ3n) is 4.64. The molecule has 2 heteroatoms. The van der Waals surface area contributed by atoms with Crippen molar-refractivity contribution in [2.24, 2.45) is 23.2 Å². The largest absolute Gasteiger partial charge is 0.312 e. The molecule has 0 bridgehead atoms. The molecule has 2 nitrogen and oxygen atoms in total. The van der Waals surface area contributed by atoms with Crippen molar-refractivity contribution in [2.45, 2.75) is 59.9 Å². The molecule has 1 aliphatic carbocycles. The minimum absolute atomic E-state index is 0.395. The lowest BCUT2D eigenvalue weighted by Crippen LogP contribution is -2.52. The van der Waals surface area contributed by atoms with E-state index in [4.69, 9.17) is 0 Å². The predicted molar refractivity (Wildman–Crippen MR) is 83.4 cm³/mol. The van der Waals surface area contributed by atoms with E-state index in [2.05, 4.69) is 44.8 Å². The van der Waals surface area contributed by atoms with Gasteiger partial charge in [0, 0.05) is 32.2 Å². The Bertz CT molecular complexity index is 275. The van der Waals surface area contributed by atoms with Crippen molar-refractivity contribution in [3.8, 4) is 0 Å². The van der Waals surface area contributed by atoms with Gasteiger partial charge in [0.1, 0.15) is 0 Å². The molecule has 1 saturated carbocycles. The summed E-state index contributed by atoms with van der Waals surface area (Å²) in [5.74, 6) is 2.72. The lowest BCUT2D eigenvalue weighted by molar-refractivity contribution is 0.107. The summed E-state index contributed by atoms with van der Waals surface area (Å²) in [6.45, 7) is 16.9. The first-order valence-corrected chi connectivity index (χ1v) is 8.29. The molecule has 0 aromatic heterocycles. The summed E-state index contributed by atoms with van der Waals surface area (Å²) in [6.07, 6.45) is 4.32. The average Bonchev–Trinajstić information content (AvgIpc) is 3.09. The third-order valence-corrected chi connectivity index (χ3v) is 4.64. The fourth-order valence-corrected chi connectivity index (χ4v) is 3.13. The van der Waals surface area contributed by atoms with Crippen molar-refractivity contribution >= 4 is 0 Å². The SMILES string of the molecule is CC(C)C1CC(NCC(C)(C)C)CN(CC2CC2)C1. The molecule has 2 rings (SSSR count). The topological polar surface area (TPSA) is 15.3 Å². The monoisotopic (exact) mass is 266 g/mol. The molecule has 0 amide bonds. The molecule has 1 heterocycles. The minimum Gasteiger partial charge on any atom is -0.312 e. The molecule has 19 heavy (non-hydrogen) atoms. The van der Waals surface area contributed by atoms with E-state index < -0.39 is 0 Å². The summed E-state index contributed by atoms with van der Waals surface area (Å²) >= 11 is 0. The van der Waals surface area contributed by atoms with E-state index in [1.54, 1.807) is 0 Å². The molecule has 1 saturated heterocycles. The zero-order valence-corrected chi connectivity index (χ0v) is 13.7. The van der Waals surface area contributed by atoms with Crippen LogP contribution in [0.15, 0.2) is 0 Å². The second-order valence-corrected chi connectivity index (χ2v) is 8.54. The predicted octanol–water partition coefficient (Wildman–Crippen LogP) is 3.38. The fraction of sp³-hybridized carbons (Fsp3) is 1.00. The highest BCUT2D eigenvalue weighted by atomic mass is 15.2. The molecule has 112 valence electrons. The van der Waals surface area contributed by atoms with Gasteiger partial charge in [-0.2, -0.15) is 0 Å². The number of likely N-dealkylation sites (tertiary alicyclic amines) is 1. The van der Waals surface area contributed by atoms with E-state index >= 15 is 0 Å². The number of nitrogens with zero attached hydrogens (tertiary/aromatic N) is 1. The van der Waals surface area contributed by atoms with Crippen LogP contribution in [0, 0.1) is 23.2 Å². The summed E-state index contributed by atoms with van der Waals surface area (Å²) in [5.41, 5.74) is 0.395. The molecule has 2 fully saturated rings. The highest BCUT2D eigenvalue weighted by Crippen LogP contribution is 2.32. The quantitative estimate of drug-likeness (QED) is 0.820. The molecule has 2 aliphatic rings. The Kier molecular flexibility index (Phi) is 4.94. The smallest absolute Gasteiger partial charge is 0.0198 e. The summed E-state index contributed by atoms with van der Waals surface area (Å²) in [6, 6.07) is 0.708. The number of rotatable bonds is 5. The van der Waals surface area contributed by atoms with Crippen molar-refractivity contribution in [3.63, 3.8) is 0 Å². The Labute approximate surface area is 120 Å². The van der Waals surface area contributed by atoms with Gasteiger partial charge in [-0.15, -0.1) is 0 Å². The van der Waals surface area contributed by atoms with Crippen LogP contribution in [0.4, 0.5) is 0 Å². The first-order valence-electron chi connectivity index (χ1n) is 8.29. The van der Waals surface area contributed by atoms with E-state index in [-0.39, 0.29) is 0 Å². The summed E-state index contributed by atoms with van der Waals surface area (Å²) < 4.78 is 0. The van der Waals surface area contributed by atoms with E-state index in [9.17, 15) is 0 Å². The van der Waals surface area contributed by atoms with E-state index in [1.807, 2.05) is 0 Å². The average molecular weight is 266 g/mol. The van der Waals surface area contributed by atoms with Crippen molar-refractivity contribution < 1.29 is 0 Å². The van der Waals surface area contributed by atoms with E-state index in [0.29, 0.717) is 11.5 Å². The van der Waals surface area contributed by atoms with Gasteiger partial charge in [-0.3, -0.25) is 0 Å². The van der Waals surface area contributed by atoms with Gasteiger partial charge in [-0.05, 0) is 42.4 Å². The van der Waals surface area contributed by atoms with Gasteiger partial charge in [0.2, 0.25) is 0 Å². The zero-order chi connectivity index (χ0) is 14.0. The second kappa shape index (κ2) is 6.13.